The molecule has 0 spiro atoms. The van der Waals surface area contributed by atoms with E-state index in [4.69, 9.17) is 5.11 Å². The molecule has 326 valence electrons. The molecule has 0 bridgehead atoms. The van der Waals surface area contributed by atoms with Crippen molar-refractivity contribution in [3.8, 4) is 0 Å². The van der Waals surface area contributed by atoms with Crippen LogP contribution >= 0.6 is 11.8 Å². The third-order valence-corrected chi connectivity index (χ3v) is 12.7. The standard InChI is InChI=1S/C45H56N6O9S/c52-36-23-34-29-61-40(37(34)24-36)9-5-6-12-42(56)47-22-7-1-3-10-41(55)46-21-8-2-4-11-43(57)48-26-35-28-51(50-49-35)27-30-13-15-32(16-14-30)44(58)33-19-17-31(18-20-33)38(53)25-39(54)45(59)60/h13-20,25,28,34,37,40,53H,1-12,21-24,26-27,29H2,(H,46,55)(H,47,56)(H,48,57)(H,59,60)/b38-25-/t34-,37-,40-/m0/s1. The highest BCUT2D eigenvalue weighted by Gasteiger charge is 2.42. The minimum Gasteiger partial charge on any atom is -0.507 e. The van der Waals surface area contributed by atoms with Crippen molar-refractivity contribution in [1.29, 1.82) is 0 Å². The number of carbonyl (C=O) groups excluding carboxylic acids is 6. The van der Waals surface area contributed by atoms with Crippen LogP contribution in [0, 0.1) is 11.8 Å². The average Bonchev–Trinajstić information content (AvgIpc) is 3.97. The number of aliphatic hydroxyl groups excluding tert-OH is 1. The van der Waals surface area contributed by atoms with Crippen molar-refractivity contribution in [2.24, 2.45) is 11.8 Å². The van der Waals surface area contributed by atoms with Crippen LogP contribution in [0.3, 0.4) is 0 Å². The fourth-order valence-corrected chi connectivity index (χ4v) is 9.39. The normalized spacial score (nSPS) is 17.1. The lowest BCUT2D eigenvalue weighted by molar-refractivity contribution is -0.146. The molecule has 16 heteroatoms. The number of aliphatic hydroxyl groups is 1. The third-order valence-electron chi connectivity index (χ3n) is 11.0. The molecule has 5 N–H and O–H groups in total. The van der Waals surface area contributed by atoms with Gasteiger partial charge in [0, 0.05) is 73.2 Å². The number of thioether (sulfide) groups is 1. The largest absolute Gasteiger partial charge is 0.507 e. The number of unbranched alkanes of at least 4 members (excludes halogenated alkanes) is 5. The molecule has 3 aromatic rings. The minimum atomic E-state index is -1.69. The van der Waals surface area contributed by atoms with Crippen molar-refractivity contribution in [2.75, 3.05) is 18.8 Å². The van der Waals surface area contributed by atoms with E-state index in [-0.39, 0.29) is 35.6 Å². The van der Waals surface area contributed by atoms with E-state index >= 15 is 0 Å². The lowest BCUT2D eigenvalue weighted by atomic mass is 9.92. The summed E-state index contributed by atoms with van der Waals surface area (Å²) in [5, 5.41) is 36.3. The Kier molecular flexibility index (Phi) is 18.2. The molecular formula is C45H56N6O9S. The zero-order chi connectivity index (χ0) is 43.6. The molecule has 2 aliphatic rings. The zero-order valence-electron chi connectivity index (χ0n) is 34.4. The number of rotatable bonds is 26. The van der Waals surface area contributed by atoms with Gasteiger partial charge < -0.3 is 26.2 Å². The Bertz CT molecular complexity index is 2030. The second kappa shape index (κ2) is 24.0. The summed E-state index contributed by atoms with van der Waals surface area (Å²) >= 11 is 2.01. The summed E-state index contributed by atoms with van der Waals surface area (Å²) in [7, 11) is 0. The molecule has 3 atom stereocenters. The summed E-state index contributed by atoms with van der Waals surface area (Å²) in [5.74, 6) is -1.01. The fourth-order valence-electron chi connectivity index (χ4n) is 7.63. The molecule has 15 nitrogen and oxygen atoms in total. The number of nitrogens with zero attached hydrogens (tertiary/aromatic N) is 3. The van der Waals surface area contributed by atoms with Gasteiger partial charge in [0.1, 0.15) is 17.2 Å². The Balaban J connectivity index is 0.843. The number of benzene rings is 2. The molecular weight excluding hydrogens is 801 g/mol. The molecule has 3 amide bonds. The molecule has 2 aromatic carbocycles. The maximum absolute atomic E-state index is 13.0. The maximum Gasteiger partial charge on any atom is 0.376 e. The van der Waals surface area contributed by atoms with E-state index < -0.39 is 17.5 Å². The molecule has 1 saturated heterocycles. The average molecular weight is 857 g/mol. The van der Waals surface area contributed by atoms with E-state index in [1.807, 2.05) is 11.8 Å². The number of carboxylic acid groups (broad SMARTS) is 1. The number of aromatic nitrogens is 3. The number of hydrogen-bond donors (Lipinski definition) is 5. The topological polar surface area (TPSA) is 227 Å². The Morgan fingerprint density at radius 1 is 0.721 bits per heavy atom. The molecule has 2 fully saturated rings. The highest BCUT2D eigenvalue weighted by atomic mass is 32.2. The Morgan fingerprint density at radius 3 is 1.92 bits per heavy atom. The lowest BCUT2D eigenvalue weighted by Crippen LogP contribution is -2.25. The molecule has 5 rings (SSSR count). The number of fused-ring (bicyclic) bond motifs is 1. The van der Waals surface area contributed by atoms with Crippen molar-refractivity contribution in [1.82, 2.24) is 30.9 Å². The van der Waals surface area contributed by atoms with Gasteiger partial charge in [-0.2, -0.15) is 11.8 Å². The Morgan fingerprint density at radius 2 is 1.30 bits per heavy atom. The summed E-state index contributed by atoms with van der Waals surface area (Å²) in [5.41, 5.74) is 2.45. The third kappa shape index (κ3) is 15.4. The van der Waals surface area contributed by atoms with Gasteiger partial charge in [-0.05, 0) is 61.7 Å². The van der Waals surface area contributed by atoms with Gasteiger partial charge in [0.15, 0.2) is 5.78 Å². The molecule has 1 aliphatic carbocycles. The molecule has 1 aromatic heterocycles. The lowest BCUT2D eigenvalue weighted by Gasteiger charge is -2.16. The number of ketones is 3. The highest BCUT2D eigenvalue weighted by Crippen LogP contribution is 2.47. The molecule has 0 radical (unpaired) electrons. The van der Waals surface area contributed by atoms with Crippen molar-refractivity contribution in [3.63, 3.8) is 0 Å². The molecule has 1 aliphatic heterocycles. The fraction of sp³-hybridized carbons (Fsp3) is 0.489. The van der Waals surface area contributed by atoms with Crippen LogP contribution in [0.15, 0.2) is 60.8 Å². The molecule has 1 saturated carbocycles. The van der Waals surface area contributed by atoms with E-state index in [0.29, 0.717) is 91.1 Å². The molecule has 61 heavy (non-hydrogen) atoms. The molecule has 0 unspecified atom stereocenters. The second-order valence-electron chi connectivity index (χ2n) is 15.8. The van der Waals surface area contributed by atoms with Gasteiger partial charge in [0.2, 0.25) is 17.7 Å². The SMILES string of the molecule is O=C1C[C@H]2CS[C@@H](CCCCC(=O)NCCCCCC(=O)NCCCCCC(=O)NCc3cn(Cc4ccc(C(=O)c5ccc(/C(O)=C/C(=O)C(=O)O)cc5)cc4)nn3)[C@H]2C1. The first-order valence-corrected chi connectivity index (χ1v) is 22.2. The van der Waals surface area contributed by atoms with Crippen LogP contribution in [0.1, 0.15) is 123 Å². The first kappa shape index (κ1) is 46.4. The Labute approximate surface area is 359 Å². The van der Waals surface area contributed by atoms with Crippen LogP contribution in [0.5, 0.6) is 0 Å². The quantitative estimate of drug-likeness (QED) is 0.0227. The van der Waals surface area contributed by atoms with Gasteiger partial charge in [0.25, 0.3) is 5.78 Å². The number of hydrogen-bond acceptors (Lipinski definition) is 11. The van der Waals surface area contributed by atoms with Crippen LogP contribution in [-0.4, -0.2) is 90.3 Å². The van der Waals surface area contributed by atoms with Gasteiger partial charge in [-0.15, -0.1) is 5.10 Å². The summed E-state index contributed by atoms with van der Waals surface area (Å²) in [6, 6.07) is 12.8. The van der Waals surface area contributed by atoms with E-state index in [2.05, 4.69) is 26.3 Å². The van der Waals surface area contributed by atoms with E-state index in [1.54, 1.807) is 35.1 Å². The predicted octanol–water partition coefficient (Wildman–Crippen LogP) is 5.35. The summed E-state index contributed by atoms with van der Waals surface area (Å²) in [6.45, 7) is 1.83. The molecule has 2 heterocycles. The number of carbonyl (C=O) groups is 7. The Hall–Kier alpha value is -5.64. The van der Waals surface area contributed by atoms with Crippen molar-refractivity contribution in [2.45, 2.75) is 108 Å². The second-order valence-corrected chi connectivity index (χ2v) is 17.1. The van der Waals surface area contributed by atoms with E-state index in [1.165, 1.54) is 24.3 Å². The monoisotopic (exact) mass is 856 g/mol. The van der Waals surface area contributed by atoms with Crippen molar-refractivity contribution < 1.29 is 43.8 Å². The van der Waals surface area contributed by atoms with Crippen LogP contribution in [-0.2, 0) is 41.9 Å². The van der Waals surface area contributed by atoms with Crippen LogP contribution in [0.25, 0.3) is 5.76 Å². The number of carboxylic acids is 1. The maximum atomic E-state index is 13.0. The van der Waals surface area contributed by atoms with Gasteiger partial charge in [-0.25, -0.2) is 9.48 Å². The smallest absolute Gasteiger partial charge is 0.376 e. The zero-order valence-corrected chi connectivity index (χ0v) is 35.3. The highest BCUT2D eigenvalue weighted by molar-refractivity contribution is 8.00. The van der Waals surface area contributed by atoms with Crippen molar-refractivity contribution >= 4 is 58.6 Å². The summed E-state index contributed by atoms with van der Waals surface area (Å²) < 4.78 is 1.63. The van der Waals surface area contributed by atoms with E-state index in [9.17, 15) is 38.7 Å². The van der Waals surface area contributed by atoms with Crippen LogP contribution < -0.4 is 16.0 Å². The predicted molar refractivity (Wildman–Crippen MR) is 229 cm³/mol. The van der Waals surface area contributed by atoms with Gasteiger partial charge in [0.05, 0.1) is 19.3 Å². The number of aliphatic carboxylic acids is 1. The number of Topliss-reactive ketones (excluding diaryl/α,β-unsaturated/α-hetero) is 1. The van der Waals surface area contributed by atoms with Crippen LogP contribution in [0.4, 0.5) is 0 Å². The first-order valence-electron chi connectivity index (χ1n) is 21.2. The summed E-state index contributed by atoms with van der Waals surface area (Å²) in [6.07, 6.45) is 13.0. The number of amides is 3. The first-order chi connectivity index (χ1) is 29.4. The number of nitrogens with one attached hydrogen (secondary N) is 3. The van der Waals surface area contributed by atoms with Gasteiger partial charge in [-0.1, -0.05) is 73.0 Å². The van der Waals surface area contributed by atoms with Gasteiger partial charge >= 0.3 is 5.97 Å². The van der Waals surface area contributed by atoms with E-state index in [0.717, 1.165) is 75.5 Å². The van der Waals surface area contributed by atoms with Crippen molar-refractivity contribution in [3.05, 3.63) is 88.8 Å². The van der Waals surface area contributed by atoms with Gasteiger partial charge in [-0.3, -0.25) is 28.8 Å². The van der Waals surface area contributed by atoms with Crippen LogP contribution in [0.2, 0.25) is 0 Å². The summed E-state index contributed by atoms with van der Waals surface area (Å²) in [4.78, 5) is 83.5. The minimum absolute atomic E-state index is 0.0186.